The van der Waals surface area contributed by atoms with Crippen molar-refractivity contribution in [2.24, 2.45) is 11.3 Å². The summed E-state index contributed by atoms with van der Waals surface area (Å²) in [4.78, 5) is 2.40. The zero-order valence-corrected chi connectivity index (χ0v) is 15.3. The molecule has 0 aromatic rings. The lowest BCUT2D eigenvalue weighted by Gasteiger charge is -2.38. The van der Waals surface area contributed by atoms with Gasteiger partial charge in [-0.2, -0.15) is 0 Å². The highest BCUT2D eigenvalue weighted by atomic mass is 32.2. The van der Waals surface area contributed by atoms with Crippen LogP contribution in [0.5, 0.6) is 0 Å². The van der Waals surface area contributed by atoms with E-state index in [1.807, 2.05) is 0 Å². The van der Waals surface area contributed by atoms with Crippen LogP contribution in [0.1, 0.15) is 57.8 Å². The molecule has 0 N–H and O–H groups in total. The van der Waals surface area contributed by atoms with Crippen molar-refractivity contribution in [1.82, 2.24) is 9.21 Å². The highest BCUT2D eigenvalue weighted by Gasteiger charge is 2.39. The summed E-state index contributed by atoms with van der Waals surface area (Å²) in [5.41, 5.74) is 0.491. The van der Waals surface area contributed by atoms with Crippen LogP contribution in [-0.4, -0.2) is 56.1 Å². The number of rotatable bonds is 5. The van der Waals surface area contributed by atoms with E-state index in [9.17, 15) is 8.42 Å². The lowest BCUT2D eigenvalue weighted by Crippen LogP contribution is -2.43. The van der Waals surface area contributed by atoms with Gasteiger partial charge in [-0.3, -0.25) is 0 Å². The Kier molecular flexibility index (Phi) is 5.69. The standard InChI is InChI=1S/C18H33N2O2S/c1-17-5-12-19(13-6-17)11-4-16-23(21,22)20-14-9-18(10-15-20)7-2-3-8-18/h17H,1-16H2. The number of likely N-dealkylation sites (tertiary alicyclic amines) is 1. The van der Waals surface area contributed by atoms with E-state index in [1.165, 1.54) is 25.7 Å². The van der Waals surface area contributed by atoms with Gasteiger partial charge in [0.2, 0.25) is 10.0 Å². The third-order valence-electron chi connectivity index (χ3n) is 6.42. The van der Waals surface area contributed by atoms with Crippen LogP contribution in [0.15, 0.2) is 0 Å². The fraction of sp³-hybridized carbons (Fsp3) is 0.944. The first kappa shape index (κ1) is 17.7. The summed E-state index contributed by atoms with van der Waals surface area (Å²) in [6.07, 6.45) is 10.6. The predicted molar refractivity (Wildman–Crippen MR) is 94.6 cm³/mol. The van der Waals surface area contributed by atoms with Crippen molar-refractivity contribution in [3.63, 3.8) is 0 Å². The van der Waals surface area contributed by atoms with Crippen LogP contribution in [-0.2, 0) is 10.0 Å². The number of piperidine rings is 2. The summed E-state index contributed by atoms with van der Waals surface area (Å²) in [6, 6.07) is 0. The van der Waals surface area contributed by atoms with Gasteiger partial charge in [0.1, 0.15) is 0 Å². The maximum absolute atomic E-state index is 12.6. The Balaban J connectivity index is 1.41. The number of nitrogens with zero attached hydrogens (tertiary/aromatic N) is 2. The topological polar surface area (TPSA) is 40.6 Å². The smallest absolute Gasteiger partial charge is 0.214 e. The van der Waals surface area contributed by atoms with Crippen LogP contribution >= 0.6 is 0 Å². The van der Waals surface area contributed by atoms with Crippen molar-refractivity contribution in [2.45, 2.75) is 57.8 Å². The fourth-order valence-electron chi connectivity index (χ4n) is 4.67. The maximum atomic E-state index is 12.6. The number of sulfonamides is 1. The summed E-state index contributed by atoms with van der Waals surface area (Å²) in [5, 5.41) is 0. The van der Waals surface area contributed by atoms with Crippen LogP contribution < -0.4 is 0 Å². The lowest BCUT2D eigenvalue weighted by atomic mass is 9.78. The van der Waals surface area contributed by atoms with Crippen LogP contribution in [0, 0.1) is 18.3 Å². The first-order chi connectivity index (χ1) is 11.0. The molecule has 1 saturated carbocycles. The number of hydrogen-bond donors (Lipinski definition) is 0. The Morgan fingerprint density at radius 2 is 1.57 bits per heavy atom. The van der Waals surface area contributed by atoms with E-state index in [1.54, 1.807) is 4.31 Å². The summed E-state index contributed by atoms with van der Waals surface area (Å²) < 4.78 is 26.9. The second-order valence-electron chi connectivity index (χ2n) is 8.06. The molecule has 5 heteroatoms. The maximum Gasteiger partial charge on any atom is 0.214 e. The van der Waals surface area contributed by atoms with Crippen LogP contribution in [0.3, 0.4) is 0 Å². The van der Waals surface area contributed by atoms with Gasteiger partial charge in [-0.25, -0.2) is 12.7 Å². The zero-order chi connectivity index (χ0) is 16.3. The Hall–Kier alpha value is -0.130. The van der Waals surface area contributed by atoms with Gasteiger partial charge < -0.3 is 4.90 Å². The minimum absolute atomic E-state index is 0.324. The second kappa shape index (κ2) is 7.40. The number of hydrogen-bond acceptors (Lipinski definition) is 3. The average Bonchev–Trinajstić information content (AvgIpc) is 2.98. The molecule has 3 fully saturated rings. The highest BCUT2D eigenvalue weighted by molar-refractivity contribution is 7.89. The van der Waals surface area contributed by atoms with E-state index in [2.05, 4.69) is 11.8 Å². The first-order valence-corrected chi connectivity index (χ1v) is 11.1. The quantitative estimate of drug-likeness (QED) is 0.772. The van der Waals surface area contributed by atoms with Crippen molar-refractivity contribution >= 4 is 10.0 Å². The molecule has 2 aliphatic heterocycles. The summed E-state index contributed by atoms with van der Waals surface area (Å²) in [6.45, 7) is 8.72. The minimum atomic E-state index is -3.05. The molecular weight excluding hydrogens is 308 g/mol. The van der Waals surface area contributed by atoms with Gasteiger partial charge in [0.25, 0.3) is 0 Å². The van der Waals surface area contributed by atoms with E-state index in [0.717, 1.165) is 64.8 Å². The molecule has 3 rings (SSSR count). The van der Waals surface area contributed by atoms with Crippen LogP contribution in [0.25, 0.3) is 0 Å². The van der Waals surface area contributed by atoms with Crippen molar-refractivity contribution in [3.8, 4) is 0 Å². The SMILES string of the molecule is [CH2]C1CCN(CCCS(=O)(=O)N2CCC3(CCCC3)CC2)CC1. The molecule has 0 aromatic carbocycles. The third-order valence-corrected chi connectivity index (χ3v) is 8.38. The van der Waals surface area contributed by atoms with Crippen molar-refractivity contribution in [3.05, 3.63) is 6.92 Å². The molecule has 3 aliphatic rings. The van der Waals surface area contributed by atoms with E-state index >= 15 is 0 Å². The van der Waals surface area contributed by atoms with Gasteiger partial charge in [0, 0.05) is 13.1 Å². The molecule has 1 aliphatic carbocycles. The molecular formula is C18H33N2O2S. The van der Waals surface area contributed by atoms with Crippen molar-refractivity contribution in [2.75, 3.05) is 38.5 Å². The van der Waals surface area contributed by atoms with E-state index in [4.69, 9.17) is 0 Å². The van der Waals surface area contributed by atoms with Crippen LogP contribution in [0.2, 0.25) is 0 Å². The predicted octanol–water partition coefficient (Wildman–Crippen LogP) is 2.91. The summed E-state index contributed by atoms with van der Waals surface area (Å²) in [5.74, 6) is 0.913. The minimum Gasteiger partial charge on any atom is -0.303 e. The van der Waals surface area contributed by atoms with Gasteiger partial charge in [0.05, 0.1) is 5.75 Å². The Labute approximate surface area is 142 Å². The van der Waals surface area contributed by atoms with Gasteiger partial charge in [0.15, 0.2) is 0 Å². The normalized spacial score (nSPS) is 27.7. The molecule has 0 atom stereocenters. The molecule has 133 valence electrons. The molecule has 23 heavy (non-hydrogen) atoms. The average molecular weight is 342 g/mol. The van der Waals surface area contributed by atoms with E-state index < -0.39 is 10.0 Å². The third kappa shape index (κ3) is 4.49. The van der Waals surface area contributed by atoms with Gasteiger partial charge in [-0.1, -0.05) is 19.8 Å². The highest BCUT2D eigenvalue weighted by Crippen LogP contribution is 2.46. The zero-order valence-electron chi connectivity index (χ0n) is 14.5. The largest absolute Gasteiger partial charge is 0.303 e. The Bertz CT molecular complexity index is 467. The molecule has 2 saturated heterocycles. The fourth-order valence-corrected chi connectivity index (χ4v) is 6.16. The van der Waals surface area contributed by atoms with Crippen molar-refractivity contribution in [1.29, 1.82) is 0 Å². The summed E-state index contributed by atoms with van der Waals surface area (Å²) >= 11 is 0. The van der Waals surface area contributed by atoms with Gasteiger partial charge in [-0.05, 0) is 75.9 Å². The molecule has 4 nitrogen and oxygen atoms in total. The Morgan fingerprint density at radius 1 is 0.957 bits per heavy atom. The van der Waals surface area contributed by atoms with Crippen molar-refractivity contribution < 1.29 is 8.42 Å². The molecule has 2 heterocycles. The monoisotopic (exact) mass is 341 g/mol. The first-order valence-electron chi connectivity index (χ1n) is 9.52. The molecule has 0 amide bonds. The molecule has 0 bridgehead atoms. The molecule has 1 radical (unpaired) electrons. The summed E-state index contributed by atoms with van der Waals surface area (Å²) in [7, 11) is -3.05. The molecule has 0 unspecified atom stereocenters. The second-order valence-corrected chi connectivity index (χ2v) is 10.1. The molecule has 0 aromatic heterocycles. The van der Waals surface area contributed by atoms with E-state index in [-0.39, 0.29) is 0 Å². The van der Waals surface area contributed by atoms with Gasteiger partial charge >= 0.3 is 0 Å². The molecule has 1 spiro atoms. The van der Waals surface area contributed by atoms with Gasteiger partial charge in [-0.15, -0.1) is 0 Å². The lowest BCUT2D eigenvalue weighted by molar-refractivity contribution is 0.160. The Morgan fingerprint density at radius 3 is 2.17 bits per heavy atom. The van der Waals surface area contributed by atoms with Crippen LogP contribution in [0.4, 0.5) is 0 Å². The van der Waals surface area contributed by atoms with E-state index in [0.29, 0.717) is 17.1 Å².